The van der Waals surface area contributed by atoms with Crippen molar-refractivity contribution < 1.29 is 0 Å². The van der Waals surface area contributed by atoms with Crippen molar-refractivity contribution in [1.29, 1.82) is 0 Å². The van der Waals surface area contributed by atoms with E-state index >= 15 is 0 Å². The number of nitrogens with zero attached hydrogens (tertiary/aromatic N) is 4. The van der Waals surface area contributed by atoms with Crippen LogP contribution in [0.2, 0.25) is 0 Å². The molecule has 1 aromatic rings. The van der Waals surface area contributed by atoms with Crippen LogP contribution in [0.1, 0.15) is 25.1 Å². The first-order valence-electron chi connectivity index (χ1n) is 4.68. The predicted octanol–water partition coefficient (Wildman–Crippen LogP) is 1.95. The van der Waals surface area contributed by atoms with Gasteiger partial charge in [-0.25, -0.2) is 4.68 Å². The van der Waals surface area contributed by atoms with Crippen molar-refractivity contribution in [3.63, 3.8) is 0 Å². The number of rotatable bonds is 7. The minimum absolute atomic E-state index is 0.387. The van der Waals surface area contributed by atoms with Gasteiger partial charge in [-0.15, -0.1) is 16.7 Å². The van der Waals surface area contributed by atoms with Crippen LogP contribution in [0.4, 0.5) is 0 Å². The molecule has 80 valence electrons. The molecular weight excluding hydrogens is 220 g/mol. The molecule has 0 aromatic carbocycles. The van der Waals surface area contributed by atoms with E-state index in [1.54, 1.807) is 4.68 Å². The molecule has 1 aromatic heterocycles. The molecule has 0 atom stereocenters. The smallest absolute Gasteiger partial charge is 0.165 e. The number of tetrazole rings is 1. The van der Waals surface area contributed by atoms with Gasteiger partial charge in [0.25, 0.3) is 0 Å². The van der Waals surface area contributed by atoms with Gasteiger partial charge in [0, 0.05) is 6.54 Å². The summed E-state index contributed by atoms with van der Waals surface area (Å²) in [5.74, 6) is 2.38. The second kappa shape index (κ2) is 7.06. The molecule has 6 heteroatoms. The van der Waals surface area contributed by atoms with Gasteiger partial charge in [-0.3, -0.25) is 0 Å². The van der Waals surface area contributed by atoms with E-state index in [4.69, 9.17) is 11.6 Å². The highest BCUT2D eigenvalue weighted by Crippen LogP contribution is 2.05. The fraction of sp³-hybridized carbons (Fsp3) is 0.875. The maximum absolute atomic E-state index is 5.67. The molecule has 0 N–H and O–H groups in total. The number of alkyl halides is 1. The number of hydrogen-bond donors (Lipinski definition) is 0. The Morgan fingerprint density at radius 2 is 2.21 bits per heavy atom. The Morgan fingerprint density at radius 3 is 2.93 bits per heavy atom. The van der Waals surface area contributed by atoms with Crippen molar-refractivity contribution in [3.05, 3.63) is 5.82 Å². The molecule has 0 radical (unpaired) electrons. The summed E-state index contributed by atoms with van der Waals surface area (Å²) in [4.78, 5) is 0. The van der Waals surface area contributed by atoms with E-state index in [-0.39, 0.29) is 0 Å². The monoisotopic (exact) mass is 234 g/mol. The highest BCUT2D eigenvalue weighted by Gasteiger charge is 2.02. The minimum Gasteiger partial charge on any atom is -0.228 e. The Kier molecular flexibility index (Phi) is 5.94. The van der Waals surface area contributed by atoms with E-state index in [0.29, 0.717) is 5.88 Å². The molecule has 0 saturated heterocycles. The third-order valence-electron chi connectivity index (χ3n) is 1.94. The summed E-state index contributed by atoms with van der Waals surface area (Å²) >= 11 is 7.56. The summed E-state index contributed by atoms with van der Waals surface area (Å²) in [7, 11) is 0. The zero-order valence-corrected chi connectivity index (χ0v) is 9.89. The lowest BCUT2D eigenvalue weighted by Gasteiger charge is -2.01. The lowest BCUT2D eigenvalue weighted by molar-refractivity contribution is 0.527. The largest absolute Gasteiger partial charge is 0.228 e. The van der Waals surface area contributed by atoms with E-state index < -0.39 is 0 Å². The lowest BCUT2D eigenvalue weighted by atomic mass is 10.2. The molecule has 14 heavy (non-hydrogen) atoms. The minimum atomic E-state index is 0.387. The summed E-state index contributed by atoms with van der Waals surface area (Å²) < 4.78 is 1.78. The summed E-state index contributed by atoms with van der Waals surface area (Å²) in [6.07, 6.45) is 5.74. The molecule has 0 unspecified atom stereocenters. The van der Waals surface area contributed by atoms with Crippen molar-refractivity contribution in [2.24, 2.45) is 0 Å². The number of thioether (sulfide) groups is 1. The molecule has 0 aliphatic rings. The van der Waals surface area contributed by atoms with Crippen LogP contribution >= 0.6 is 23.4 Å². The van der Waals surface area contributed by atoms with Crippen molar-refractivity contribution in [1.82, 2.24) is 20.2 Å². The van der Waals surface area contributed by atoms with Crippen LogP contribution in [0.25, 0.3) is 0 Å². The van der Waals surface area contributed by atoms with Crippen molar-refractivity contribution >= 4 is 23.4 Å². The Labute approximate surface area is 93.4 Å². The van der Waals surface area contributed by atoms with Gasteiger partial charge in [-0.2, -0.15) is 11.8 Å². The van der Waals surface area contributed by atoms with Gasteiger partial charge < -0.3 is 0 Å². The van der Waals surface area contributed by atoms with E-state index in [1.807, 2.05) is 11.8 Å². The number of aryl methyl sites for hydroxylation is 1. The van der Waals surface area contributed by atoms with Gasteiger partial charge in [0.05, 0.1) is 5.88 Å². The zero-order chi connectivity index (χ0) is 10.2. The quantitative estimate of drug-likeness (QED) is 0.534. The molecule has 0 fully saturated rings. The van der Waals surface area contributed by atoms with Crippen LogP contribution in [0.15, 0.2) is 0 Å². The normalized spacial score (nSPS) is 10.7. The van der Waals surface area contributed by atoms with Crippen LogP contribution in [0, 0.1) is 0 Å². The molecule has 0 spiro atoms. The first kappa shape index (κ1) is 11.8. The van der Waals surface area contributed by atoms with Crippen molar-refractivity contribution in [2.75, 3.05) is 12.0 Å². The number of halogens is 1. The van der Waals surface area contributed by atoms with E-state index in [1.165, 1.54) is 18.6 Å². The zero-order valence-electron chi connectivity index (χ0n) is 8.32. The number of hydrogen-bond acceptors (Lipinski definition) is 4. The Balaban J connectivity index is 2.17. The average molecular weight is 235 g/mol. The summed E-state index contributed by atoms with van der Waals surface area (Å²) in [6.45, 7) is 0.878. The van der Waals surface area contributed by atoms with E-state index in [9.17, 15) is 0 Å². The SMILES string of the molecule is CSCCCCCn1nnnc1CCl. The van der Waals surface area contributed by atoms with Gasteiger partial charge >= 0.3 is 0 Å². The lowest BCUT2D eigenvalue weighted by Crippen LogP contribution is -2.04. The maximum Gasteiger partial charge on any atom is 0.165 e. The molecule has 0 aliphatic carbocycles. The second-order valence-corrected chi connectivity index (χ2v) is 4.26. The van der Waals surface area contributed by atoms with Crippen LogP contribution < -0.4 is 0 Å². The fourth-order valence-electron chi connectivity index (χ4n) is 1.18. The molecule has 0 saturated carbocycles. The first-order chi connectivity index (χ1) is 6.88. The van der Waals surface area contributed by atoms with E-state index in [0.717, 1.165) is 18.8 Å². The van der Waals surface area contributed by atoms with Crippen LogP contribution in [0.3, 0.4) is 0 Å². The summed E-state index contributed by atoms with van der Waals surface area (Å²) in [6, 6.07) is 0. The molecule has 0 bridgehead atoms. The maximum atomic E-state index is 5.67. The van der Waals surface area contributed by atoms with Crippen LogP contribution in [0.5, 0.6) is 0 Å². The first-order valence-corrected chi connectivity index (χ1v) is 6.61. The average Bonchev–Trinajstić information content (AvgIpc) is 2.65. The molecule has 1 heterocycles. The Morgan fingerprint density at radius 1 is 1.36 bits per heavy atom. The topological polar surface area (TPSA) is 43.6 Å². The third-order valence-corrected chi connectivity index (χ3v) is 2.88. The highest BCUT2D eigenvalue weighted by molar-refractivity contribution is 7.98. The number of aromatic nitrogens is 4. The van der Waals surface area contributed by atoms with Crippen molar-refractivity contribution in [2.45, 2.75) is 31.7 Å². The van der Waals surface area contributed by atoms with Gasteiger partial charge in [0.1, 0.15) is 0 Å². The van der Waals surface area contributed by atoms with Crippen LogP contribution in [-0.2, 0) is 12.4 Å². The second-order valence-electron chi connectivity index (χ2n) is 3.01. The fourth-order valence-corrected chi connectivity index (χ4v) is 1.86. The van der Waals surface area contributed by atoms with Crippen molar-refractivity contribution in [3.8, 4) is 0 Å². The standard InChI is InChI=1S/C8H15ClN4S/c1-14-6-4-2-3-5-13-8(7-9)10-11-12-13/h2-7H2,1H3. The predicted molar refractivity (Wildman–Crippen MR) is 59.6 cm³/mol. The Hall–Kier alpha value is -0.290. The third kappa shape index (κ3) is 3.84. The van der Waals surface area contributed by atoms with Crippen LogP contribution in [-0.4, -0.2) is 32.2 Å². The van der Waals surface area contributed by atoms with Gasteiger partial charge in [-0.1, -0.05) is 6.42 Å². The summed E-state index contributed by atoms with van der Waals surface area (Å²) in [5.41, 5.74) is 0. The summed E-state index contributed by atoms with van der Waals surface area (Å²) in [5, 5.41) is 11.3. The molecule has 0 amide bonds. The van der Waals surface area contributed by atoms with Gasteiger partial charge in [0.15, 0.2) is 5.82 Å². The highest BCUT2D eigenvalue weighted by atomic mass is 35.5. The molecule has 4 nitrogen and oxygen atoms in total. The van der Waals surface area contributed by atoms with E-state index in [2.05, 4.69) is 21.8 Å². The molecular formula is C8H15ClN4S. The van der Waals surface area contributed by atoms with Gasteiger partial charge in [-0.05, 0) is 35.3 Å². The Bertz CT molecular complexity index is 253. The number of unbranched alkanes of at least 4 members (excludes halogenated alkanes) is 2. The van der Waals surface area contributed by atoms with Gasteiger partial charge in [0.2, 0.25) is 0 Å². The molecule has 0 aliphatic heterocycles. The molecule has 1 rings (SSSR count).